The summed E-state index contributed by atoms with van der Waals surface area (Å²) >= 11 is 1.84. The molecule has 0 amide bonds. The van der Waals surface area contributed by atoms with E-state index in [4.69, 9.17) is 9.97 Å². The van der Waals surface area contributed by atoms with E-state index in [9.17, 15) is 0 Å². The van der Waals surface area contributed by atoms with Crippen LogP contribution in [0.3, 0.4) is 0 Å². The summed E-state index contributed by atoms with van der Waals surface area (Å²) in [4.78, 5) is 19.4. The molecule has 158 valence electrons. The van der Waals surface area contributed by atoms with Crippen LogP contribution in [-0.4, -0.2) is 36.3 Å². The van der Waals surface area contributed by atoms with Crippen LogP contribution < -0.4 is 4.90 Å². The number of nitrogens with zero attached hydrogens (tertiary/aromatic N) is 7. The minimum absolute atomic E-state index is 0.102. The normalized spacial score (nSPS) is 18.1. The molecule has 0 aromatic carbocycles. The van der Waals surface area contributed by atoms with Crippen LogP contribution in [0.1, 0.15) is 61.2 Å². The molecule has 31 heavy (non-hydrogen) atoms. The number of thiophene rings is 1. The molecule has 8 heteroatoms. The average Bonchev–Trinajstić information content (AvgIpc) is 3.48. The second-order valence-electron chi connectivity index (χ2n) is 8.74. The Morgan fingerprint density at radius 2 is 2.03 bits per heavy atom. The van der Waals surface area contributed by atoms with E-state index in [0.29, 0.717) is 5.92 Å². The predicted molar refractivity (Wildman–Crippen MR) is 123 cm³/mol. The lowest BCUT2D eigenvalue weighted by Gasteiger charge is -2.35. The standard InChI is InChI=1S/C23H25N7S/c1-13(2)20-27-28-21-14(3)29(10-11-30(20)21)22-18-16-7-4-8-17(16)31-23(18)26-19(25-22)15-6-5-9-24-12-15/h5-6,9,12-14H,4,7-8,10-11H2,1-3H3. The van der Waals surface area contributed by atoms with Gasteiger partial charge in [0.2, 0.25) is 0 Å². The maximum Gasteiger partial charge on any atom is 0.164 e. The van der Waals surface area contributed by atoms with Crippen LogP contribution in [0.2, 0.25) is 0 Å². The van der Waals surface area contributed by atoms with Crippen molar-refractivity contribution < 1.29 is 0 Å². The van der Waals surface area contributed by atoms with E-state index in [1.807, 2.05) is 29.7 Å². The summed E-state index contributed by atoms with van der Waals surface area (Å²) in [6.07, 6.45) is 7.13. The quantitative estimate of drug-likeness (QED) is 0.474. The van der Waals surface area contributed by atoms with Gasteiger partial charge in [-0.3, -0.25) is 4.98 Å². The largest absolute Gasteiger partial charge is 0.344 e. The molecular formula is C23H25N7S. The molecule has 7 nitrogen and oxygen atoms in total. The Balaban J connectivity index is 1.53. The maximum absolute atomic E-state index is 5.13. The second-order valence-corrected chi connectivity index (χ2v) is 9.83. The van der Waals surface area contributed by atoms with Gasteiger partial charge < -0.3 is 9.47 Å². The van der Waals surface area contributed by atoms with E-state index in [1.165, 1.54) is 22.2 Å². The number of aromatic nitrogens is 6. The molecule has 0 N–H and O–H groups in total. The second kappa shape index (κ2) is 7.09. The lowest BCUT2D eigenvalue weighted by Crippen LogP contribution is -2.38. The molecule has 1 atom stereocenters. The first-order chi connectivity index (χ1) is 15.1. The highest BCUT2D eigenvalue weighted by Crippen LogP contribution is 2.43. The summed E-state index contributed by atoms with van der Waals surface area (Å²) in [5.74, 6) is 4.25. The summed E-state index contributed by atoms with van der Waals surface area (Å²) in [6.45, 7) is 8.33. The molecule has 4 aromatic heterocycles. The van der Waals surface area contributed by atoms with E-state index < -0.39 is 0 Å². The van der Waals surface area contributed by atoms with Gasteiger partial charge in [0.15, 0.2) is 11.6 Å². The first kappa shape index (κ1) is 18.9. The summed E-state index contributed by atoms with van der Waals surface area (Å²) in [5.41, 5.74) is 2.41. The van der Waals surface area contributed by atoms with E-state index in [0.717, 1.165) is 59.6 Å². The predicted octanol–water partition coefficient (Wildman–Crippen LogP) is 4.54. The van der Waals surface area contributed by atoms with Crippen molar-refractivity contribution in [3.8, 4) is 11.4 Å². The molecule has 0 saturated heterocycles. The molecule has 1 aliphatic heterocycles. The lowest BCUT2D eigenvalue weighted by molar-refractivity contribution is 0.478. The summed E-state index contributed by atoms with van der Waals surface area (Å²) in [6, 6.07) is 4.08. The number of aryl methyl sites for hydroxylation is 2. The number of rotatable bonds is 3. The van der Waals surface area contributed by atoms with Crippen molar-refractivity contribution in [3.05, 3.63) is 46.6 Å². The molecular weight excluding hydrogens is 406 g/mol. The van der Waals surface area contributed by atoms with Gasteiger partial charge in [-0.25, -0.2) is 9.97 Å². The zero-order valence-corrected chi connectivity index (χ0v) is 18.9. The molecule has 0 radical (unpaired) electrons. The molecule has 0 spiro atoms. The maximum atomic E-state index is 5.13. The van der Waals surface area contributed by atoms with Crippen LogP contribution >= 0.6 is 11.3 Å². The van der Waals surface area contributed by atoms with Gasteiger partial charge in [0.1, 0.15) is 16.5 Å². The van der Waals surface area contributed by atoms with Crippen LogP contribution in [0.25, 0.3) is 21.6 Å². The van der Waals surface area contributed by atoms with Gasteiger partial charge in [-0.1, -0.05) is 13.8 Å². The molecule has 4 aromatic rings. The highest BCUT2D eigenvalue weighted by molar-refractivity contribution is 7.19. The van der Waals surface area contributed by atoms with Crippen LogP contribution in [0, 0.1) is 0 Å². The van der Waals surface area contributed by atoms with Gasteiger partial charge in [0, 0.05) is 41.8 Å². The SMILES string of the molecule is CC(C)c1nnc2n1CCN(c1nc(-c3cccnc3)nc3sc4c(c13)CCC4)C2C. The van der Waals surface area contributed by atoms with Crippen molar-refractivity contribution in [1.29, 1.82) is 0 Å². The van der Waals surface area contributed by atoms with Gasteiger partial charge in [0.05, 0.1) is 11.4 Å². The Labute approximate surface area is 185 Å². The van der Waals surface area contributed by atoms with Gasteiger partial charge >= 0.3 is 0 Å². The van der Waals surface area contributed by atoms with Crippen molar-refractivity contribution in [1.82, 2.24) is 29.7 Å². The first-order valence-corrected chi connectivity index (χ1v) is 11.9. The van der Waals surface area contributed by atoms with Crippen molar-refractivity contribution >= 4 is 27.4 Å². The molecule has 0 fully saturated rings. The van der Waals surface area contributed by atoms with Crippen LogP contribution in [0.4, 0.5) is 5.82 Å². The Hall–Kier alpha value is -2.87. The molecule has 5 heterocycles. The molecule has 1 unspecified atom stereocenters. The molecule has 1 aliphatic carbocycles. The average molecular weight is 432 g/mol. The van der Waals surface area contributed by atoms with E-state index >= 15 is 0 Å². The summed E-state index contributed by atoms with van der Waals surface area (Å²) < 4.78 is 2.30. The van der Waals surface area contributed by atoms with Crippen LogP contribution in [-0.2, 0) is 19.4 Å². The number of fused-ring (bicyclic) bond motifs is 4. The highest BCUT2D eigenvalue weighted by Gasteiger charge is 2.33. The van der Waals surface area contributed by atoms with E-state index in [1.54, 1.807) is 6.20 Å². The van der Waals surface area contributed by atoms with Crippen LogP contribution in [0.15, 0.2) is 24.5 Å². The van der Waals surface area contributed by atoms with Crippen LogP contribution in [0.5, 0.6) is 0 Å². The van der Waals surface area contributed by atoms with Crippen molar-refractivity contribution in [2.45, 2.75) is 58.5 Å². The van der Waals surface area contributed by atoms with Gasteiger partial charge in [-0.2, -0.15) is 0 Å². The Bertz CT molecular complexity index is 1270. The minimum atomic E-state index is 0.102. The minimum Gasteiger partial charge on any atom is -0.344 e. The fourth-order valence-electron chi connectivity index (χ4n) is 4.93. The van der Waals surface area contributed by atoms with Crippen molar-refractivity contribution in [2.24, 2.45) is 0 Å². The number of hydrogen-bond acceptors (Lipinski definition) is 7. The fraction of sp³-hybridized carbons (Fsp3) is 0.435. The zero-order valence-electron chi connectivity index (χ0n) is 18.0. The third kappa shape index (κ3) is 2.88. The van der Waals surface area contributed by atoms with E-state index in [-0.39, 0.29) is 6.04 Å². The first-order valence-electron chi connectivity index (χ1n) is 11.0. The topological polar surface area (TPSA) is 72.6 Å². The van der Waals surface area contributed by atoms with Crippen molar-refractivity contribution in [2.75, 3.05) is 11.4 Å². The van der Waals surface area contributed by atoms with Gasteiger partial charge in [-0.05, 0) is 43.9 Å². The van der Waals surface area contributed by atoms with Gasteiger partial charge in [-0.15, -0.1) is 21.5 Å². The number of pyridine rings is 1. The lowest BCUT2D eigenvalue weighted by atomic mass is 10.1. The van der Waals surface area contributed by atoms with Gasteiger partial charge in [0.25, 0.3) is 0 Å². The summed E-state index contributed by atoms with van der Waals surface area (Å²) in [5, 5.41) is 10.3. The molecule has 6 rings (SSSR count). The Morgan fingerprint density at radius 1 is 1.13 bits per heavy atom. The molecule has 0 saturated carbocycles. The zero-order chi connectivity index (χ0) is 21.1. The third-order valence-electron chi connectivity index (χ3n) is 6.47. The monoisotopic (exact) mass is 431 g/mol. The summed E-state index contributed by atoms with van der Waals surface area (Å²) in [7, 11) is 0. The smallest absolute Gasteiger partial charge is 0.164 e. The Kier molecular flexibility index (Phi) is 4.31. The number of anilines is 1. The highest BCUT2D eigenvalue weighted by atomic mass is 32.1. The third-order valence-corrected chi connectivity index (χ3v) is 7.65. The van der Waals surface area contributed by atoms with E-state index in [2.05, 4.69) is 45.4 Å². The molecule has 2 aliphatic rings. The van der Waals surface area contributed by atoms with Crippen molar-refractivity contribution in [3.63, 3.8) is 0 Å². The molecule has 0 bridgehead atoms. The number of hydrogen-bond donors (Lipinski definition) is 0. The Morgan fingerprint density at radius 3 is 2.84 bits per heavy atom. The fourth-order valence-corrected chi connectivity index (χ4v) is 6.19.